The fourth-order valence-electron chi connectivity index (χ4n) is 5.71. The van der Waals surface area contributed by atoms with Crippen molar-refractivity contribution < 1.29 is 14.2 Å². The third-order valence-electron chi connectivity index (χ3n) is 7.57. The van der Waals surface area contributed by atoms with Gasteiger partial charge in [-0.2, -0.15) is 0 Å². The number of fused-ring (bicyclic) bond motifs is 2. The zero-order valence-electron chi connectivity index (χ0n) is 14.1. The predicted molar refractivity (Wildman–Crippen MR) is 83.7 cm³/mol. The molecule has 22 heavy (non-hydrogen) atoms. The van der Waals surface area contributed by atoms with E-state index in [1.54, 1.807) is 0 Å². The van der Waals surface area contributed by atoms with Gasteiger partial charge in [0.05, 0.1) is 36.6 Å². The fourth-order valence-corrected chi connectivity index (χ4v) is 5.71. The van der Waals surface area contributed by atoms with E-state index < -0.39 is 0 Å². The minimum Gasteiger partial charge on any atom is -0.374 e. The van der Waals surface area contributed by atoms with Gasteiger partial charge in [0.1, 0.15) is 0 Å². The van der Waals surface area contributed by atoms with E-state index in [-0.39, 0.29) is 5.60 Å². The van der Waals surface area contributed by atoms with Crippen LogP contribution in [-0.4, -0.2) is 36.6 Å². The topological polar surface area (TPSA) is 34.3 Å². The molecule has 0 radical (unpaired) electrons. The quantitative estimate of drug-likeness (QED) is 0.743. The zero-order valence-corrected chi connectivity index (χ0v) is 14.1. The summed E-state index contributed by atoms with van der Waals surface area (Å²) in [5, 5.41) is 0. The summed E-state index contributed by atoms with van der Waals surface area (Å²) in [6.07, 6.45) is 13.1. The highest BCUT2D eigenvalue weighted by molar-refractivity contribution is 5.06. The summed E-state index contributed by atoms with van der Waals surface area (Å²) in [4.78, 5) is 0. The molecule has 0 N–H and O–H groups in total. The van der Waals surface area contributed by atoms with Gasteiger partial charge in [-0.25, -0.2) is 0 Å². The fraction of sp³-hybridized carbons (Fsp3) is 1.00. The molecule has 3 heteroatoms. The molecule has 5 rings (SSSR count). The lowest BCUT2D eigenvalue weighted by atomic mass is 9.58. The molecule has 6 unspecified atom stereocenters. The summed E-state index contributed by atoms with van der Waals surface area (Å²) in [5.74, 6) is 1.72. The van der Waals surface area contributed by atoms with Gasteiger partial charge in [0.15, 0.2) is 0 Å². The maximum absolute atomic E-state index is 6.03. The van der Waals surface area contributed by atoms with Gasteiger partial charge in [-0.3, -0.25) is 0 Å². The zero-order chi connectivity index (χ0) is 14.9. The van der Waals surface area contributed by atoms with Crippen molar-refractivity contribution in [3.05, 3.63) is 0 Å². The van der Waals surface area contributed by atoms with Crippen LogP contribution in [0.1, 0.15) is 65.2 Å². The molecule has 3 nitrogen and oxygen atoms in total. The smallest absolute Gasteiger partial charge is 0.0844 e. The normalized spacial score (nSPS) is 54.8. The Morgan fingerprint density at radius 1 is 0.773 bits per heavy atom. The first-order valence-corrected chi connectivity index (χ1v) is 9.50. The standard InChI is InChI=1S/C19H30O3/c1-18(2)19(11-20-18,9-12-3-5-14-16(7-12)21-14)10-13-4-6-15-17(8-13)22-15/h12-17H,3-11H2,1-2H3. The van der Waals surface area contributed by atoms with Crippen molar-refractivity contribution in [2.75, 3.05) is 6.61 Å². The van der Waals surface area contributed by atoms with E-state index in [1.165, 1.54) is 51.4 Å². The minimum atomic E-state index is 0.0650. The second-order valence-corrected chi connectivity index (χ2v) is 9.27. The van der Waals surface area contributed by atoms with Crippen LogP contribution in [0.2, 0.25) is 0 Å². The molecule has 6 atom stereocenters. The van der Waals surface area contributed by atoms with Crippen LogP contribution in [-0.2, 0) is 14.2 Å². The number of hydrogen-bond acceptors (Lipinski definition) is 3. The first-order valence-electron chi connectivity index (χ1n) is 9.50. The second-order valence-electron chi connectivity index (χ2n) is 9.27. The molecular formula is C19H30O3. The van der Waals surface area contributed by atoms with Crippen molar-refractivity contribution in [3.63, 3.8) is 0 Å². The molecule has 2 saturated carbocycles. The van der Waals surface area contributed by atoms with Crippen molar-refractivity contribution in [2.24, 2.45) is 17.3 Å². The average molecular weight is 306 g/mol. The third kappa shape index (κ3) is 2.27. The molecule has 0 spiro atoms. The van der Waals surface area contributed by atoms with Crippen molar-refractivity contribution >= 4 is 0 Å². The molecule has 0 amide bonds. The van der Waals surface area contributed by atoms with Crippen molar-refractivity contribution in [3.8, 4) is 0 Å². The summed E-state index contributed by atoms with van der Waals surface area (Å²) in [7, 11) is 0. The van der Waals surface area contributed by atoms with E-state index in [4.69, 9.17) is 14.2 Å². The molecule has 3 saturated heterocycles. The van der Waals surface area contributed by atoms with Gasteiger partial charge in [0.2, 0.25) is 0 Å². The van der Waals surface area contributed by atoms with E-state index in [1.807, 2.05) is 0 Å². The van der Waals surface area contributed by atoms with Crippen molar-refractivity contribution in [2.45, 2.75) is 95.2 Å². The highest BCUT2D eigenvalue weighted by atomic mass is 16.6. The lowest BCUT2D eigenvalue weighted by Crippen LogP contribution is -2.61. The molecule has 2 aliphatic carbocycles. The average Bonchev–Trinajstić information content (AvgIpc) is 3.38. The van der Waals surface area contributed by atoms with Crippen LogP contribution >= 0.6 is 0 Å². The molecule has 3 aliphatic heterocycles. The maximum Gasteiger partial charge on any atom is 0.0844 e. The highest BCUT2D eigenvalue weighted by Crippen LogP contribution is 2.57. The second kappa shape index (κ2) is 4.70. The van der Waals surface area contributed by atoms with E-state index in [0.717, 1.165) is 18.4 Å². The first-order chi connectivity index (χ1) is 10.5. The van der Waals surface area contributed by atoms with Crippen molar-refractivity contribution in [1.29, 1.82) is 0 Å². The van der Waals surface area contributed by atoms with E-state index in [2.05, 4.69) is 13.8 Å². The van der Waals surface area contributed by atoms with Gasteiger partial charge in [-0.05, 0) is 77.0 Å². The molecule has 5 aliphatic rings. The Hall–Kier alpha value is -0.120. The number of rotatable bonds is 4. The summed E-state index contributed by atoms with van der Waals surface area (Å²) < 4.78 is 17.5. The summed E-state index contributed by atoms with van der Waals surface area (Å²) in [6.45, 7) is 5.64. The van der Waals surface area contributed by atoms with Crippen LogP contribution in [0, 0.1) is 17.3 Å². The number of hydrogen-bond donors (Lipinski definition) is 0. The lowest BCUT2D eigenvalue weighted by molar-refractivity contribution is -0.264. The SMILES string of the molecule is CC1(C)OCC1(CC1CCC2OC2C1)CC1CCC2OC2C1. The van der Waals surface area contributed by atoms with Crippen LogP contribution in [0.15, 0.2) is 0 Å². The van der Waals surface area contributed by atoms with Gasteiger partial charge < -0.3 is 14.2 Å². The molecule has 0 aromatic heterocycles. The molecule has 0 bridgehead atoms. The largest absolute Gasteiger partial charge is 0.374 e. The predicted octanol–water partition coefficient (Wildman–Crippen LogP) is 3.70. The van der Waals surface area contributed by atoms with E-state index in [0.29, 0.717) is 29.8 Å². The van der Waals surface area contributed by atoms with Crippen molar-refractivity contribution in [1.82, 2.24) is 0 Å². The minimum absolute atomic E-state index is 0.0650. The molecule has 124 valence electrons. The summed E-state index contributed by atoms with van der Waals surface area (Å²) in [5.41, 5.74) is 0.474. The summed E-state index contributed by atoms with van der Waals surface area (Å²) >= 11 is 0. The molecule has 3 heterocycles. The Morgan fingerprint density at radius 2 is 1.32 bits per heavy atom. The molecule has 5 fully saturated rings. The Labute approximate surface area is 134 Å². The Kier molecular flexibility index (Phi) is 3.05. The number of ether oxygens (including phenoxy) is 3. The van der Waals surface area contributed by atoms with Crippen LogP contribution in [0.3, 0.4) is 0 Å². The monoisotopic (exact) mass is 306 g/mol. The van der Waals surface area contributed by atoms with Crippen LogP contribution < -0.4 is 0 Å². The molecular weight excluding hydrogens is 276 g/mol. The Morgan fingerprint density at radius 3 is 1.68 bits per heavy atom. The van der Waals surface area contributed by atoms with Crippen LogP contribution in [0.25, 0.3) is 0 Å². The maximum atomic E-state index is 6.03. The van der Waals surface area contributed by atoms with E-state index >= 15 is 0 Å². The number of epoxide rings is 2. The van der Waals surface area contributed by atoms with Gasteiger partial charge in [0.25, 0.3) is 0 Å². The van der Waals surface area contributed by atoms with Gasteiger partial charge in [0, 0.05) is 5.41 Å². The third-order valence-corrected chi connectivity index (χ3v) is 7.57. The Balaban J connectivity index is 1.27. The highest BCUT2D eigenvalue weighted by Gasteiger charge is 2.58. The molecule has 0 aromatic carbocycles. The first kappa shape index (κ1) is 14.2. The summed E-state index contributed by atoms with van der Waals surface area (Å²) in [6, 6.07) is 0. The van der Waals surface area contributed by atoms with Gasteiger partial charge >= 0.3 is 0 Å². The van der Waals surface area contributed by atoms with Gasteiger partial charge in [-0.15, -0.1) is 0 Å². The lowest BCUT2D eigenvalue weighted by Gasteiger charge is -2.58. The van der Waals surface area contributed by atoms with Crippen LogP contribution in [0.5, 0.6) is 0 Å². The Bertz CT molecular complexity index is 430. The van der Waals surface area contributed by atoms with E-state index in [9.17, 15) is 0 Å². The van der Waals surface area contributed by atoms with Crippen LogP contribution in [0.4, 0.5) is 0 Å². The van der Waals surface area contributed by atoms with Gasteiger partial charge in [-0.1, -0.05) is 0 Å². The molecule has 0 aromatic rings.